The summed E-state index contributed by atoms with van der Waals surface area (Å²) in [7, 11) is 3.02. The topological polar surface area (TPSA) is 173 Å². The molecule has 3 aliphatic rings. The van der Waals surface area contributed by atoms with E-state index in [1.54, 1.807) is 6.07 Å². The monoisotopic (exact) mass is 539 g/mol. The summed E-state index contributed by atoms with van der Waals surface area (Å²) in [6.45, 7) is -0.555. The molecular weight excluding hydrogens is 511 g/mol. The third kappa shape index (κ3) is 4.24. The van der Waals surface area contributed by atoms with Crippen LogP contribution >= 0.6 is 0 Å². The van der Waals surface area contributed by atoms with E-state index >= 15 is 0 Å². The maximum atomic E-state index is 13.7. The lowest BCUT2D eigenvalue weighted by Crippen LogP contribution is -2.65. The van der Waals surface area contributed by atoms with E-state index in [1.807, 2.05) is 0 Å². The molecule has 1 aromatic carbocycles. The number of nitrogens with one attached hydrogen (secondary N) is 1. The molecule has 2 unspecified atom stereocenters. The van der Waals surface area contributed by atoms with Crippen LogP contribution in [0.1, 0.15) is 29.5 Å². The zero-order valence-corrected chi connectivity index (χ0v) is 20.6. The largest absolute Gasteiger partial charge is 0.508 e. The first-order valence-electron chi connectivity index (χ1n) is 11.9. The predicted octanol–water partition coefficient (Wildman–Crippen LogP) is 1.01. The van der Waals surface area contributed by atoms with Crippen LogP contribution in [-0.2, 0) is 27.3 Å². The van der Waals surface area contributed by atoms with Crippen LogP contribution in [0, 0.1) is 11.8 Å². The van der Waals surface area contributed by atoms with Gasteiger partial charge in [-0.25, -0.2) is 0 Å². The number of phenolic OH excluding ortho intramolecular Hbond substituents is 1. The third-order valence-electron chi connectivity index (χ3n) is 7.58. The number of fused-ring (bicyclic) bond motifs is 3. The van der Waals surface area contributed by atoms with Gasteiger partial charge in [-0.05, 0) is 38.4 Å². The lowest BCUT2D eigenvalue weighted by molar-refractivity contribution is -0.153. The number of primary amides is 1. The summed E-state index contributed by atoms with van der Waals surface area (Å²) in [6, 6.07) is 1.90. The van der Waals surface area contributed by atoms with Gasteiger partial charge in [0.25, 0.3) is 5.91 Å². The Morgan fingerprint density at radius 1 is 1.21 bits per heavy atom. The van der Waals surface area contributed by atoms with E-state index in [0.29, 0.717) is 5.56 Å². The summed E-state index contributed by atoms with van der Waals surface area (Å²) in [5.41, 5.74) is 1.86. The molecular formula is C25H28F3N3O7. The Morgan fingerprint density at radius 3 is 2.45 bits per heavy atom. The second-order valence-electron chi connectivity index (χ2n) is 10.1. The minimum absolute atomic E-state index is 0.0345. The molecule has 38 heavy (non-hydrogen) atoms. The number of alkyl halides is 3. The number of benzene rings is 1. The van der Waals surface area contributed by atoms with Gasteiger partial charge in [0.2, 0.25) is 5.78 Å². The number of amides is 1. The molecule has 1 aromatic rings. The highest BCUT2D eigenvalue weighted by molar-refractivity contribution is 6.24. The van der Waals surface area contributed by atoms with Gasteiger partial charge in [-0.15, -0.1) is 0 Å². The lowest BCUT2D eigenvalue weighted by atomic mass is 9.57. The molecule has 1 fully saturated rings. The Labute approximate surface area is 215 Å². The van der Waals surface area contributed by atoms with Crippen LogP contribution in [0.4, 0.5) is 13.2 Å². The van der Waals surface area contributed by atoms with Gasteiger partial charge in [-0.2, -0.15) is 13.2 Å². The number of hydrogen-bond donors (Lipinski definition) is 6. The fourth-order valence-electron chi connectivity index (χ4n) is 5.86. The third-order valence-corrected chi connectivity index (χ3v) is 7.58. The average molecular weight is 540 g/mol. The summed E-state index contributed by atoms with van der Waals surface area (Å²) in [6.07, 6.45) is -5.34. The smallest absolute Gasteiger partial charge is 0.390 e. The molecule has 0 heterocycles. The number of aliphatic hydroxyl groups is 3. The van der Waals surface area contributed by atoms with E-state index in [-0.39, 0.29) is 36.1 Å². The fraction of sp³-hybridized carbons (Fsp3) is 0.480. The number of nitrogens with two attached hydrogens (primary N) is 1. The number of likely N-dealkylation sites (N-methyl/N-ethyl adjacent to an activating group) is 1. The van der Waals surface area contributed by atoms with Gasteiger partial charge in [0.15, 0.2) is 11.4 Å². The quantitative estimate of drug-likeness (QED) is 0.228. The normalized spacial score (nSPS) is 27.4. The first kappa shape index (κ1) is 27.6. The molecule has 10 nitrogen and oxygen atoms in total. The van der Waals surface area contributed by atoms with Crippen LogP contribution < -0.4 is 11.1 Å². The zero-order valence-electron chi connectivity index (χ0n) is 20.6. The lowest BCUT2D eigenvalue weighted by Gasteiger charge is -2.50. The minimum atomic E-state index is -4.36. The molecule has 1 saturated carbocycles. The molecule has 1 amide bonds. The number of nitrogens with zero attached hydrogens (tertiary/aromatic N) is 1. The molecule has 3 aliphatic carbocycles. The molecule has 0 aromatic heterocycles. The Bertz CT molecular complexity index is 1290. The summed E-state index contributed by atoms with van der Waals surface area (Å²) in [5, 5.41) is 47.0. The SMILES string of the molecule is CN(C)[C@@H]1C(=O)C(C(N)=O)=C(O)[C@@]2(O)C(=O)C3=C(O)c4c(ccc(CNCCC(F)(F)F)c4O)CC3CC12. The fourth-order valence-corrected chi connectivity index (χ4v) is 5.86. The summed E-state index contributed by atoms with van der Waals surface area (Å²) in [4.78, 5) is 40.2. The maximum Gasteiger partial charge on any atom is 0.390 e. The molecule has 0 radical (unpaired) electrons. The van der Waals surface area contributed by atoms with Gasteiger partial charge in [-0.1, -0.05) is 12.1 Å². The van der Waals surface area contributed by atoms with Gasteiger partial charge in [0, 0.05) is 30.1 Å². The average Bonchev–Trinajstić information content (AvgIpc) is 2.79. The van der Waals surface area contributed by atoms with Crippen molar-refractivity contribution in [2.75, 3.05) is 20.6 Å². The van der Waals surface area contributed by atoms with E-state index < -0.39 is 82.9 Å². The molecule has 7 N–H and O–H groups in total. The van der Waals surface area contributed by atoms with Crippen LogP contribution in [0.25, 0.3) is 5.76 Å². The number of Topliss-reactive ketones (excluding diaryl/α,β-unsaturated/α-hetero) is 2. The van der Waals surface area contributed by atoms with Crippen molar-refractivity contribution in [2.24, 2.45) is 17.6 Å². The number of hydrogen-bond acceptors (Lipinski definition) is 9. The van der Waals surface area contributed by atoms with E-state index in [9.17, 15) is 48.0 Å². The predicted molar refractivity (Wildman–Crippen MR) is 127 cm³/mol. The highest BCUT2D eigenvalue weighted by atomic mass is 19.4. The molecule has 0 aliphatic heterocycles. The Balaban J connectivity index is 1.77. The number of carbonyl (C=O) groups is 3. The Morgan fingerprint density at radius 2 is 1.87 bits per heavy atom. The highest BCUT2D eigenvalue weighted by Gasteiger charge is 2.64. The zero-order chi connectivity index (χ0) is 28.3. The van der Waals surface area contributed by atoms with E-state index in [1.165, 1.54) is 25.1 Å². The van der Waals surface area contributed by atoms with Gasteiger partial charge < -0.3 is 31.5 Å². The molecule has 13 heteroatoms. The van der Waals surface area contributed by atoms with Crippen molar-refractivity contribution < 1.29 is 48.0 Å². The standard InChI is InChI=1S/C25H28F3N3O7/c1-31(2)17-13-8-12-7-10-3-4-11(9-30-6-5-24(26,27)28)18(32)14(10)19(33)15(12)21(35)25(13,38)22(36)16(20(17)34)23(29)37/h3-4,12-13,17,30,32-33,36,38H,5-9H2,1-2H3,(H2,29,37)/t12?,13?,17-,25-/m0/s1. The van der Waals surface area contributed by atoms with Crippen molar-refractivity contribution in [1.29, 1.82) is 0 Å². The number of halogens is 3. The highest BCUT2D eigenvalue weighted by Crippen LogP contribution is 2.52. The van der Waals surface area contributed by atoms with E-state index in [2.05, 4.69) is 5.32 Å². The van der Waals surface area contributed by atoms with Gasteiger partial charge >= 0.3 is 6.18 Å². The van der Waals surface area contributed by atoms with Crippen LogP contribution in [-0.4, -0.2) is 81.3 Å². The number of phenols is 1. The van der Waals surface area contributed by atoms with Gasteiger partial charge in [0.1, 0.15) is 22.8 Å². The number of aliphatic hydroxyl groups excluding tert-OH is 2. The van der Waals surface area contributed by atoms with Crippen LogP contribution in [0.2, 0.25) is 0 Å². The van der Waals surface area contributed by atoms with Crippen molar-refractivity contribution in [3.63, 3.8) is 0 Å². The molecule has 4 atom stereocenters. The molecule has 4 rings (SSSR count). The van der Waals surface area contributed by atoms with Gasteiger partial charge in [-0.3, -0.25) is 19.3 Å². The van der Waals surface area contributed by atoms with Crippen LogP contribution in [0.5, 0.6) is 5.75 Å². The minimum Gasteiger partial charge on any atom is -0.508 e. The van der Waals surface area contributed by atoms with E-state index in [0.717, 1.165) is 0 Å². The second-order valence-corrected chi connectivity index (χ2v) is 10.1. The van der Waals surface area contributed by atoms with Crippen LogP contribution in [0.15, 0.2) is 29.0 Å². The molecule has 206 valence electrons. The van der Waals surface area contributed by atoms with E-state index in [4.69, 9.17) is 5.73 Å². The molecule has 0 saturated heterocycles. The van der Waals surface area contributed by atoms with Crippen molar-refractivity contribution in [1.82, 2.24) is 10.2 Å². The van der Waals surface area contributed by atoms with Crippen molar-refractivity contribution in [2.45, 2.75) is 43.6 Å². The number of aromatic hydroxyl groups is 1. The van der Waals surface area contributed by atoms with Crippen molar-refractivity contribution >= 4 is 23.2 Å². The first-order valence-corrected chi connectivity index (χ1v) is 11.9. The number of ketones is 2. The summed E-state index contributed by atoms with van der Waals surface area (Å²) >= 11 is 0. The Kier molecular flexibility index (Phi) is 6.83. The van der Waals surface area contributed by atoms with Crippen molar-refractivity contribution in [3.05, 3.63) is 45.7 Å². The summed E-state index contributed by atoms with van der Waals surface area (Å²) in [5.74, 6) is -7.46. The second kappa shape index (κ2) is 9.40. The molecule has 0 bridgehead atoms. The summed E-state index contributed by atoms with van der Waals surface area (Å²) < 4.78 is 37.3. The van der Waals surface area contributed by atoms with Crippen molar-refractivity contribution in [3.8, 4) is 5.75 Å². The number of carbonyl (C=O) groups excluding carboxylic acids is 3. The van der Waals surface area contributed by atoms with Gasteiger partial charge in [0.05, 0.1) is 18.0 Å². The number of rotatable bonds is 6. The molecule has 0 spiro atoms. The maximum absolute atomic E-state index is 13.7. The van der Waals surface area contributed by atoms with Crippen LogP contribution in [0.3, 0.4) is 0 Å². The Hall–Kier alpha value is -3.42. The first-order chi connectivity index (χ1) is 17.6.